The zero-order chi connectivity index (χ0) is 14.7. The molecule has 0 bridgehead atoms. The van der Waals surface area contributed by atoms with E-state index in [1.165, 1.54) is 28.8 Å². The van der Waals surface area contributed by atoms with Crippen LogP contribution in [0, 0.1) is 0 Å². The van der Waals surface area contributed by atoms with E-state index in [2.05, 4.69) is 72.6 Å². The van der Waals surface area contributed by atoms with Crippen LogP contribution in [0.5, 0.6) is 0 Å². The maximum atomic E-state index is 3.46. The van der Waals surface area contributed by atoms with Crippen LogP contribution in [0.1, 0.15) is 30.5 Å². The maximum Gasteiger partial charge on any atom is 0.0429 e. The molecule has 0 unspecified atom stereocenters. The molecule has 2 heteroatoms. The molecule has 1 aliphatic rings. The summed E-state index contributed by atoms with van der Waals surface area (Å²) in [5.74, 6) is 0. The van der Waals surface area contributed by atoms with Crippen LogP contribution >= 0.6 is 0 Å². The van der Waals surface area contributed by atoms with Gasteiger partial charge in [0.05, 0.1) is 0 Å². The number of hydrogen-bond acceptors (Lipinski definition) is 2. The van der Waals surface area contributed by atoms with Crippen molar-refractivity contribution in [3.05, 3.63) is 65.2 Å². The molecule has 1 aliphatic heterocycles. The third-order valence-electron chi connectivity index (χ3n) is 4.09. The largest absolute Gasteiger partial charge is 0.367 e. The molecule has 0 amide bonds. The van der Waals surface area contributed by atoms with E-state index in [0.717, 1.165) is 19.6 Å². The Morgan fingerprint density at radius 1 is 1.00 bits per heavy atom. The molecule has 0 saturated carbocycles. The minimum absolute atomic E-state index is 0.533. The molecule has 0 atom stereocenters. The zero-order valence-corrected chi connectivity index (χ0v) is 13.0. The monoisotopic (exact) mass is 280 g/mol. The summed E-state index contributed by atoms with van der Waals surface area (Å²) in [4.78, 5) is 2.48. The molecular weight excluding hydrogens is 256 g/mol. The van der Waals surface area contributed by atoms with Crippen molar-refractivity contribution in [2.75, 3.05) is 11.4 Å². The highest BCUT2D eigenvalue weighted by atomic mass is 15.1. The predicted octanol–water partition coefficient (Wildman–Crippen LogP) is 3.75. The second-order valence-electron chi connectivity index (χ2n) is 6.15. The molecule has 0 saturated heterocycles. The van der Waals surface area contributed by atoms with Crippen molar-refractivity contribution >= 4 is 5.69 Å². The van der Waals surface area contributed by atoms with Crippen LogP contribution in [0.3, 0.4) is 0 Å². The standard InChI is InChI=1S/C19H24N2/c1-15(2)20-13-16-7-9-17(10-8-16)14-21-12-11-18-5-3-4-6-19(18)21/h3-10,15,20H,11-14H2,1-2H3. The second-order valence-corrected chi connectivity index (χ2v) is 6.15. The molecule has 0 fully saturated rings. The molecule has 21 heavy (non-hydrogen) atoms. The highest BCUT2D eigenvalue weighted by Crippen LogP contribution is 2.28. The minimum Gasteiger partial charge on any atom is -0.367 e. The highest BCUT2D eigenvalue weighted by molar-refractivity contribution is 5.58. The molecule has 1 heterocycles. The van der Waals surface area contributed by atoms with Gasteiger partial charge in [-0.25, -0.2) is 0 Å². The molecule has 2 aromatic rings. The molecule has 110 valence electrons. The van der Waals surface area contributed by atoms with E-state index in [4.69, 9.17) is 0 Å². The van der Waals surface area contributed by atoms with Gasteiger partial charge in [0, 0.05) is 31.4 Å². The van der Waals surface area contributed by atoms with Gasteiger partial charge in [0.25, 0.3) is 0 Å². The van der Waals surface area contributed by atoms with Gasteiger partial charge >= 0.3 is 0 Å². The van der Waals surface area contributed by atoms with Crippen molar-refractivity contribution < 1.29 is 0 Å². The van der Waals surface area contributed by atoms with E-state index in [1.807, 2.05) is 0 Å². The molecule has 0 spiro atoms. The van der Waals surface area contributed by atoms with Crippen LogP contribution < -0.4 is 10.2 Å². The van der Waals surface area contributed by atoms with E-state index < -0.39 is 0 Å². The number of para-hydroxylation sites is 1. The van der Waals surface area contributed by atoms with Gasteiger partial charge in [-0.2, -0.15) is 0 Å². The highest BCUT2D eigenvalue weighted by Gasteiger charge is 2.17. The Balaban J connectivity index is 1.64. The fourth-order valence-electron chi connectivity index (χ4n) is 2.88. The summed E-state index contributed by atoms with van der Waals surface area (Å²) >= 11 is 0. The number of fused-ring (bicyclic) bond motifs is 1. The molecular formula is C19H24N2. The van der Waals surface area contributed by atoms with Gasteiger partial charge in [-0.05, 0) is 29.2 Å². The van der Waals surface area contributed by atoms with E-state index in [1.54, 1.807) is 0 Å². The van der Waals surface area contributed by atoms with E-state index in [0.29, 0.717) is 6.04 Å². The summed E-state index contributed by atoms with van der Waals surface area (Å²) in [7, 11) is 0. The lowest BCUT2D eigenvalue weighted by Crippen LogP contribution is -2.22. The molecule has 0 radical (unpaired) electrons. The van der Waals surface area contributed by atoms with Gasteiger partial charge in [-0.15, -0.1) is 0 Å². The fraction of sp³-hybridized carbons (Fsp3) is 0.368. The smallest absolute Gasteiger partial charge is 0.0429 e. The van der Waals surface area contributed by atoms with Crippen molar-refractivity contribution in [3.63, 3.8) is 0 Å². The normalized spacial score (nSPS) is 13.8. The lowest BCUT2D eigenvalue weighted by atomic mass is 10.1. The Kier molecular flexibility index (Phi) is 4.26. The average Bonchev–Trinajstić information content (AvgIpc) is 2.90. The van der Waals surface area contributed by atoms with Crippen molar-refractivity contribution in [2.24, 2.45) is 0 Å². The molecule has 0 aliphatic carbocycles. The van der Waals surface area contributed by atoms with Crippen LogP contribution in [0.25, 0.3) is 0 Å². The van der Waals surface area contributed by atoms with Crippen LogP contribution in [0.2, 0.25) is 0 Å². The van der Waals surface area contributed by atoms with E-state index >= 15 is 0 Å². The first kappa shape index (κ1) is 14.2. The van der Waals surface area contributed by atoms with Crippen LogP contribution in [-0.4, -0.2) is 12.6 Å². The van der Waals surface area contributed by atoms with Gasteiger partial charge in [0.15, 0.2) is 0 Å². The number of rotatable bonds is 5. The summed E-state index contributed by atoms with van der Waals surface area (Å²) in [5.41, 5.74) is 5.63. The Hall–Kier alpha value is -1.80. The topological polar surface area (TPSA) is 15.3 Å². The molecule has 2 aromatic carbocycles. The minimum atomic E-state index is 0.533. The van der Waals surface area contributed by atoms with Crippen molar-refractivity contribution in [1.82, 2.24) is 5.32 Å². The summed E-state index contributed by atoms with van der Waals surface area (Å²) in [6.07, 6.45) is 1.17. The SMILES string of the molecule is CC(C)NCc1ccc(CN2CCc3ccccc32)cc1. The number of nitrogens with one attached hydrogen (secondary N) is 1. The van der Waals surface area contributed by atoms with Crippen molar-refractivity contribution in [3.8, 4) is 0 Å². The van der Waals surface area contributed by atoms with Crippen molar-refractivity contribution in [2.45, 2.75) is 39.4 Å². The Morgan fingerprint density at radius 2 is 1.71 bits per heavy atom. The summed E-state index contributed by atoms with van der Waals surface area (Å²) in [6.45, 7) is 7.45. The lowest BCUT2D eigenvalue weighted by Gasteiger charge is -2.19. The summed E-state index contributed by atoms with van der Waals surface area (Å²) < 4.78 is 0. The van der Waals surface area contributed by atoms with Crippen molar-refractivity contribution in [1.29, 1.82) is 0 Å². The fourth-order valence-corrected chi connectivity index (χ4v) is 2.88. The molecule has 1 N–H and O–H groups in total. The molecule has 3 rings (SSSR count). The third kappa shape index (κ3) is 3.45. The maximum absolute atomic E-state index is 3.46. The summed E-state index contributed by atoms with van der Waals surface area (Å²) in [6, 6.07) is 18.3. The molecule has 2 nitrogen and oxygen atoms in total. The van der Waals surface area contributed by atoms with Crippen LogP contribution in [-0.2, 0) is 19.5 Å². The first-order chi connectivity index (χ1) is 10.2. The van der Waals surface area contributed by atoms with Crippen LogP contribution in [0.15, 0.2) is 48.5 Å². The van der Waals surface area contributed by atoms with E-state index in [-0.39, 0.29) is 0 Å². The predicted molar refractivity (Wildman–Crippen MR) is 89.6 cm³/mol. The zero-order valence-electron chi connectivity index (χ0n) is 13.0. The van der Waals surface area contributed by atoms with Gasteiger partial charge in [-0.3, -0.25) is 0 Å². The van der Waals surface area contributed by atoms with Gasteiger partial charge < -0.3 is 10.2 Å². The van der Waals surface area contributed by atoms with E-state index in [9.17, 15) is 0 Å². The quantitative estimate of drug-likeness (QED) is 0.897. The first-order valence-corrected chi connectivity index (χ1v) is 7.86. The number of anilines is 1. The third-order valence-corrected chi connectivity index (χ3v) is 4.09. The first-order valence-electron chi connectivity index (χ1n) is 7.86. The average molecular weight is 280 g/mol. The Morgan fingerprint density at radius 3 is 2.48 bits per heavy atom. The lowest BCUT2D eigenvalue weighted by molar-refractivity contribution is 0.589. The number of hydrogen-bond donors (Lipinski definition) is 1. The Labute approximate surface area is 127 Å². The number of nitrogens with zero attached hydrogens (tertiary/aromatic N) is 1. The molecule has 0 aromatic heterocycles. The van der Waals surface area contributed by atoms with Gasteiger partial charge in [-0.1, -0.05) is 56.3 Å². The van der Waals surface area contributed by atoms with Gasteiger partial charge in [0.1, 0.15) is 0 Å². The second kappa shape index (κ2) is 6.31. The summed E-state index contributed by atoms with van der Waals surface area (Å²) in [5, 5.41) is 3.46. The Bertz CT molecular complexity index is 587. The van der Waals surface area contributed by atoms with Crippen LogP contribution in [0.4, 0.5) is 5.69 Å². The number of benzene rings is 2. The van der Waals surface area contributed by atoms with Gasteiger partial charge in [0.2, 0.25) is 0 Å².